The van der Waals surface area contributed by atoms with Crippen molar-refractivity contribution in [2.75, 3.05) is 29.7 Å². The lowest BCUT2D eigenvalue weighted by Gasteiger charge is -2.27. The Hall–Kier alpha value is -6.95. The first-order valence-electron chi connectivity index (χ1n) is 21.4. The maximum Gasteiger partial charge on any atom is 0.328 e. The number of hydrogen-bond donors (Lipinski definition) is 4. The summed E-state index contributed by atoms with van der Waals surface area (Å²) < 4.78 is 45.1. The smallest absolute Gasteiger partial charge is 0.328 e. The third kappa shape index (κ3) is 9.96. The summed E-state index contributed by atoms with van der Waals surface area (Å²) in [6, 6.07) is 19.8. The highest BCUT2D eigenvalue weighted by Gasteiger charge is 2.44. The zero-order valence-corrected chi connectivity index (χ0v) is 36.7. The molecular weight excluding hydrogens is 843 g/mol. The van der Waals surface area contributed by atoms with Crippen LogP contribution in [0.1, 0.15) is 95.8 Å². The molecule has 0 saturated carbocycles. The van der Waals surface area contributed by atoms with E-state index in [4.69, 9.17) is 9.47 Å². The fourth-order valence-electron chi connectivity index (χ4n) is 7.75. The van der Waals surface area contributed by atoms with Gasteiger partial charge in [0.1, 0.15) is 17.5 Å². The number of imide groups is 2. The van der Waals surface area contributed by atoms with E-state index in [9.17, 15) is 37.2 Å². The Balaban J connectivity index is 0.865. The lowest BCUT2D eigenvalue weighted by Crippen LogP contribution is -2.54. The molecule has 1 unspecified atom stereocenters. The summed E-state index contributed by atoms with van der Waals surface area (Å²) in [7, 11) is -1.03. The lowest BCUT2D eigenvalue weighted by molar-refractivity contribution is -0.136. The van der Waals surface area contributed by atoms with Crippen molar-refractivity contribution in [2.45, 2.75) is 75.6 Å². The van der Waals surface area contributed by atoms with Gasteiger partial charge in [-0.2, -0.15) is 0 Å². The van der Waals surface area contributed by atoms with Crippen LogP contribution in [0.2, 0.25) is 0 Å². The number of piperidine rings is 1. The van der Waals surface area contributed by atoms with Gasteiger partial charge in [-0.15, -0.1) is 0 Å². The topological polar surface area (TPSA) is 216 Å². The highest BCUT2D eigenvalue weighted by Crippen LogP contribution is 2.36. The van der Waals surface area contributed by atoms with Crippen LogP contribution in [0.4, 0.5) is 11.4 Å². The molecule has 5 amide bonds. The second-order valence-electron chi connectivity index (χ2n) is 15.8. The average molecular weight is 894 g/mol. The normalized spacial score (nSPS) is 15.0. The number of carbonyl (C=O) groups is 5. The van der Waals surface area contributed by atoms with E-state index < -0.39 is 45.6 Å². The molecule has 64 heavy (non-hydrogen) atoms. The van der Waals surface area contributed by atoms with E-state index in [0.717, 1.165) is 49.8 Å². The number of anilines is 2. The number of carbonyl (C=O) groups excluding carboxylic acids is 5. The number of hydrogen-bond acceptors (Lipinski definition) is 11. The number of benzene rings is 4. The molecule has 0 aliphatic carbocycles. The molecule has 0 spiro atoms. The molecule has 5 aromatic rings. The van der Waals surface area contributed by atoms with Crippen molar-refractivity contribution in [3.63, 3.8) is 0 Å². The van der Waals surface area contributed by atoms with Gasteiger partial charge in [-0.25, -0.2) is 13.2 Å². The van der Waals surface area contributed by atoms with E-state index in [1.807, 2.05) is 6.92 Å². The van der Waals surface area contributed by atoms with Crippen LogP contribution < -0.4 is 35.8 Å². The van der Waals surface area contributed by atoms with Crippen LogP contribution in [0, 0.1) is 0 Å². The van der Waals surface area contributed by atoms with E-state index in [-0.39, 0.29) is 51.6 Å². The number of fused-ring (bicyclic) bond motifs is 2. The fourth-order valence-corrected chi connectivity index (χ4v) is 8.85. The number of aromatic nitrogens is 2. The Morgan fingerprint density at radius 2 is 1.47 bits per heavy atom. The molecule has 2 aliphatic rings. The molecule has 2 aliphatic heterocycles. The number of imidazole rings is 1. The Kier molecular flexibility index (Phi) is 13.8. The maximum absolute atomic E-state index is 13.8. The number of nitrogens with one attached hydrogen (secondary N) is 4. The van der Waals surface area contributed by atoms with Crippen molar-refractivity contribution in [2.24, 2.45) is 14.1 Å². The Morgan fingerprint density at radius 3 is 2.22 bits per heavy atom. The Bertz CT molecular complexity index is 2800. The summed E-state index contributed by atoms with van der Waals surface area (Å²) in [6.45, 7) is 3.58. The summed E-state index contributed by atoms with van der Waals surface area (Å²) >= 11 is 0. The van der Waals surface area contributed by atoms with E-state index in [1.165, 1.54) is 27.3 Å². The summed E-state index contributed by atoms with van der Waals surface area (Å²) in [5.74, 6) is -1.41. The number of amides is 5. The second-order valence-corrected chi connectivity index (χ2v) is 17.5. The first kappa shape index (κ1) is 45.1. The summed E-state index contributed by atoms with van der Waals surface area (Å²) in [6.07, 6.45) is 6.35. The minimum atomic E-state index is -4.24. The molecule has 1 aromatic heterocycles. The molecule has 0 bridgehead atoms. The van der Waals surface area contributed by atoms with Gasteiger partial charge in [-0.3, -0.25) is 48.0 Å². The minimum absolute atomic E-state index is 0.0606. The van der Waals surface area contributed by atoms with Crippen molar-refractivity contribution in [3.8, 4) is 17.2 Å². The molecule has 4 N–H and O–H groups in total. The molecule has 3 heterocycles. The molecule has 0 radical (unpaired) electrons. The monoisotopic (exact) mass is 893 g/mol. The third-order valence-corrected chi connectivity index (χ3v) is 12.6. The molecule has 1 fully saturated rings. The standard InChI is InChI=1S/C46H51N7O10S/c1-4-23-62-31-14-12-15-32(26-31)63-40-28-39-38(51(2)46(59)52(39)3)27-36(40)50-64(60,61)33-16-11-13-29(24-33)42(55)48-22-10-8-6-5-7-9-21-47-30-17-18-34-35(25-30)45(58)53(44(34)57)37-19-20-41(54)49-43(37)56/h11-18,24-28,37,47,50H,4-10,19-23H2,1-3H3,(H,48,55)(H,49,54,56). The molecule has 7 rings (SSSR count). The highest BCUT2D eigenvalue weighted by molar-refractivity contribution is 7.92. The number of nitrogens with zero attached hydrogens (tertiary/aromatic N) is 3. The predicted octanol–water partition coefficient (Wildman–Crippen LogP) is 5.84. The summed E-state index contributed by atoms with van der Waals surface area (Å²) in [5, 5.41) is 8.38. The van der Waals surface area contributed by atoms with Gasteiger partial charge < -0.3 is 20.1 Å². The zero-order valence-electron chi connectivity index (χ0n) is 35.9. The predicted molar refractivity (Wildman–Crippen MR) is 239 cm³/mol. The van der Waals surface area contributed by atoms with Crippen LogP contribution in [-0.4, -0.2) is 77.7 Å². The van der Waals surface area contributed by atoms with Gasteiger partial charge in [0.2, 0.25) is 11.8 Å². The van der Waals surface area contributed by atoms with E-state index in [1.54, 1.807) is 74.8 Å². The van der Waals surface area contributed by atoms with Crippen LogP contribution in [0.15, 0.2) is 88.6 Å². The van der Waals surface area contributed by atoms with Gasteiger partial charge in [0.25, 0.3) is 27.7 Å². The van der Waals surface area contributed by atoms with Crippen LogP contribution >= 0.6 is 0 Å². The number of rotatable bonds is 20. The molecule has 336 valence electrons. The minimum Gasteiger partial charge on any atom is -0.493 e. The quantitative estimate of drug-likeness (QED) is 0.0538. The number of unbranched alkanes of at least 4 members (excludes halogenated alkanes) is 5. The van der Waals surface area contributed by atoms with Gasteiger partial charge in [0, 0.05) is 57.0 Å². The Morgan fingerprint density at radius 1 is 0.781 bits per heavy atom. The zero-order chi connectivity index (χ0) is 45.5. The van der Waals surface area contributed by atoms with E-state index in [0.29, 0.717) is 47.9 Å². The average Bonchev–Trinajstić information content (AvgIpc) is 3.64. The number of ether oxygens (including phenoxy) is 2. The molecule has 4 aromatic carbocycles. The number of sulfonamides is 1. The van der Waals surface area contributed by atoms with Crippen molar-refractivity contribution >= 4 is 62.0 Å². The third-order valence-electron chi connectivity index (χ3n) is 11.2. The Labute approximate surface area is 370 Å². The van der Waals surface area contributed by atoms with Gasteiger partial charge in [0.15, 0.2) is 5.75 Å². The van der Waals surface area contributed by atoms with Crippen molar-refractivity contribution < 1.29 is 41.9 Å². The van der Waals surface area contributed by atoms with E-state index in [2.05, 4.69) is 20.7 Å². The largest absolute Gasteiger partial charge is 0.493 e. The van der Waals surface area contributed by atoms with Crippen LogP contribution in [0.25, 0.3) is 11.0 Å². The summed E-state index contributed by atoms with van der Waals surface area (Å²) in [4.78, 5) is 76.6. The van der Waals surface area contributed by atoms with Gasteiger partial charge in [-0.05, 0) is 80.3 Å². The SMILES string of the molecule is CCCOc1cccc(Oc2cc3c(cc2NS(=O)(=O)c2cccc(C(=O)NCCCCCCCCNc4ccc5c(c4)C(=O)N(C4CCC(=O)NC4=O)C5=O)c2)n(C)c(=O)n3C)c1. The molecular formula is C46H51N7O10S. The van der Waals surface area contributed by atoms with Crippen LogP contribution in [0.3, 0.4) is 0 Å². The first-order valence-corrected chi connectivity index (χ1v) is 22.8. The number of aryl methyl sites for hydroxylation is 2. The van der Waals surface area contributed by atoms with E-state index >= 15 is 0 Å². The van der Waals surface area contributed by atoms with Crippen molar-refractivity contribution in [1.29, 1.82) is 0 Å². The van der Waals surface area contributed by atoms with Crippen LogP contribution in [0.5, 0.6) is 17.2 Å². The molecule has 18 heteroatoms. The summed E-state index contributed by atoms with van der Waals surface area (Å²) in [5.41, 5.74) is 2.15. The molecule has 1 atom stereocenters. The maximum atomic E-state index is 13.8. The lowest BCUT2D eigenvalue weighted by atomic mass is 10.0. The fraction of sp³-hybridized carbons (Fsp3) is 0.348. The van der Waals surface area contributed by atoms with Gasteiger partial charge in [-0.1, -0.05) is 44.7 Å². The second kappa shape index (κ2) is 19.6. The van der Waals surface area contributed by atoms with Gasteiger partial charge in [0.05, 0.1) is 39.4 Å². The van der Waals surface area contributed by atoms with Crippen LogP contribution in [-0.2, 0) is 33.7 Å². The van der Waals surface area contributed by atoms with Gasteiger partial charge >= 0.3 is 5.69 Å². The van der Waals surface area contributed by atoms with Crippen molar-refractivity contribution in [3.05, 3.63) is 106 Å². The highest BCUT2D eigenvalue weighted by atomic mass is 32.2. The van der Waals surface area contributed by atoms with Crippen molar-refractivity contribution in [1.82, 2.24) is 24.7 Å². The first-order chi connectivity index (χ1) is 30.7. The molecule has 1 saturated heterocycles. The molecule has 17 nitrogen and oxygen atoms in total.